The maximum absolute atomic E-state index is 13.6. The molecule has 0 aliphatic heterocycles. The van der Waals surface area contributed by atoms with Gasteiger partial charge in [-0.15, -0.1) is 0 Å². The number of hydrogen-bond donors (Lipinski definition) is 1. The zero-order valence-corrected chi connectivity index (χ0v) is 14.0. The van der Waals surface area contributed by atoms with Crippen molar-refractivity contribution in [3.63, 3.8) is 0 Å². The highest BCUT2D eigenvalue weighted by molar-refractivity contribution is 7.92. The van der Waals surface area contributed by atoms with Crippen LogP contribution in [0, 0.1) is 11.6 Å². The van der Waals surface area contributed by atoms with Gasteiger partial charge in [0, 0.05) is 12.1 Å². The number of anilines is 1. The van der Waals surface area contributed by atoms with Gasteiger partial charge in [0.15, 0.2) is 11.5 Å². The fraction of sp³-hybridized carbons (Fsp3) is 0.250. The van der Waals surface area contributed by atoms with Crippen molar-refractivity contribution in [2.75, 3.05) is 17.9 Å². The molecule has 0 saturated carbocycles. The first kappa shape index (κ1) is 18.0. The summed E-state index contributed by atoms with van der Waals surface area (Å²) in [7, 11) is -4.07. The van der Waals surface area contributed by atoms with Crippen LogP contribution in [0.25, 0.3) is 0 Å². The molecular weight excluding hydrogens is 340 g/mol. The van der Waals surface area contributed by atoms with Crippen LogP contribution in [0.4, 0.5) is 14.5 Å². The van der Waals surface area contributed by atoms with Crippen molar-refractivity contribution in [1.82, 2.24) is 0 Å². The van der Waals surface area contributed by atoms with Gasteiger partial charge in [0.1, 0.15) is 11.6 Å². The number of halogens is 2. The van der Waals surface area contributed by atoms with Gasteiger partial charge in [-0.05, 0) is 38.1 Å². The van der Waals surface area contributed by atoms with Crippen LogP contribution in [0.1, 0.15) is 13.8 Å². The first-order chi connectivity index (χ1) is 11.4. The van der Waals surface area contributed by atoms with Crippen LogP contribution in [-0.2, 0) is 10.0 Å². The van der Waals surface area contributed by atoms with Crippen molar-refractivity contribution in [3.05, 3.63) is 48.0 Å². The van der Waals surface area contributed by atoms with Crippen molar-refractivity contribution >= 4 is 15.7 Å². The SMILES string of the molecule is CCOc1ccc(S(=O)(=O)Nc2ccc(F)cc2F)cc1OCC. The Kier molecular flexibility index (Phi) is 5.61. The van der Waals surface area contributed by atoms with Gasteiger partial charge >= 0.3 is 0 Å². The molecule has 0 aliphatic rings. The lowest BCUT2D eigenvalue weighted by Crippen LogP contribution is -2.14. The number of hydrogen-bond acceptors (Lipinski definition) is 4. The molecule has 5 nitrogen and oxygen atoms in total. The largest absolute Gasteiger partial charge is 0.490 e. The zero-order valence-electron chi connectivity index (χ0n) is 13.2. The van der Waals surface area contributed by atoms with Gasteiger partial charge in [0.05, 0.1) is 23.8 Å². The van der Waals surface area contributed by atoms with Crippen LogP contribution in [0.5, 0.6) is 11.5 Å². The van der Waals surface area contributed by atoms with E-state index in [1.54, 1.807) is 13.8 Å². The molecule has 130 valence electrons. The number of nitrogens with one attached hydrogen (secondary N) is 1. The van der Waals surface area contributed by atoms with Crippen molar-refractivity contribution in [1.29, 1.82) is 0 Å². The monoisotopic (exact) mass is 357 g/mol. The van der Waals surface area contributed by atoms with E-state index in [0.29, 0.717) is 25.0 Å². The lowest BCUT2D eigenvalue weighted by atomic mass is 10.3. The summed E-state index contributed by atoms with van der Waals surface area (Å²) in [6.07, 6.45) is 0. The van der Waals surface area contributed by atoms with E-state index in [1.807, 2.05) is 0 Å². The number of sulfonamides is 1. The number of rotatable bonds is 7. The molecular formula is C16H17F2NO4S. The van der Waals surface area contributed by atoms with E-state index >= 15 is 0 Å². The molecule has 0 aromatic heterocycles. The van der Waals surface area contributed by atoms with Gasteiger partial charge in [-0.3, -0.25) is 4.72 Å². The Hall–Kier alpha value is -2.35. The Bertz CT molecular complexity index is 825. The molecule has 2 aromatic carbocycles. The average molecular weight is 357 g/mol. The highest BCUT2D eigenvalue weighted by Crippen LogP contribution is 2.31. The van der Waals surface area contributed by atoms with Crippen molar-refractivity contribution < 1.29 is 26.7 Å². The second-order valence-electron chi connectivity index (χ2n) is 4.70. The lowest BCUT2D eigenvalue weighted by molar-refractivity contribution is 0.287. The first-order valence-electron chi connectivity index (χ1n) is 7.25. The Morgan fingerprint density at radius 3 is 2.25 bits per heavy atom. The quantitative estimate of drug-likeness (QED) is 0.823. The van der Waals surface area contributed by atoms with Crippen molar-refractivity contribution in [3.8, 4) is 11.5 Å². The van der Waals surface area contributed by atoms with Crippen molar-refractivity contribution in [2.45, 2.75) is 18.7 Å². The number of ether oxygens (including phenoxy) is 2. The summed E-state index contributed by atoms with van der Waals surface area (Å²) in [5.41, 5.74) is -0.344. The Labute approximate surface area is 139 Å². The third-order valence-electron chi connectivity index (χ3n) is 3.00. The van der Waals surface area contributed by atoms with E-state index in [1.165, 1.54) is 18.2 Å². The summed E-state index contributed by atoms with van der Waals surface area (Å²) in [4.78, 5) is -0.127. The molecule has 0 fully saturated rings. The second kappa shape index (κ2) is 7.48. The Morgan fingerprint density at radius 1 is 0.958 bits per heavy atom. The van der Waals surface area contributed by atoms with Gasteiger partial charge < -0.3 is 9.47 Å². The average Bonchev–Trinajstić information content (AvgIpc) is 2.52. The predicted molar refractivity (Wildman–Crippen MR) is 85.9 cm³/mol. The van der Waals surface area contributed by atoms with Crippen LogP contribution in [0.3, 0.4) is 0 Å². The Balaban J connectivity index is 2.36. The molecule has 24 heavy (non-hydrogen) atoms. The van der Waals surface area contributed by atoms with Gasteiger partial charge in [-0.25, -0.2) is 17.2 Å². The highest BCUT2D eigenvalue weighted by Gasteiger charge is 2.19. The molecule has 0 radical (unpaired) electrons. The van der Waals surface area contributed by atoms with Gasteiger partial charge in [-0.2, -0.15) is 0 Å². The maximum atomic E-state index is 13.6. The minimum absolute atomic E-state index is 0.127. The minimum Gasteiger partial charge on any atom is -0.490 e. The summed E-state index contributed by atoms with van der Waals surface area (Å²) in [6, 6.07) is 6.65. The topological polar surface area (TPSA) is 64.6 Å². The summed E-state index contributed by atoms with van der Waals surface area (Å²) < 4.78 is 64.2. The summed E-state index contributed by atoms with van der Waals surface area (Å²) in [5, 5.41) is 0. The molecule has 0 saturated heterocycles. The van der Waals surface area contributed by atoms with Crippen LogP contribution >= 0.6 is 0 Å². The third-order valence-corrected chi connectivity index (χ3v) is 4.36. The molecule has 0 amide bonds. The third kappa shape index (κ3) is 4.14. The standard InChI is InChI=1S/C16H17F2NO4S/c1-3-22-15-8-6-12(10-16(15)23-4-2)24(20,21)19-14-7-5-11(17)9-13(14)18/h5-10,19H,3-4H2,1-2H3. The fourth-order valence-electron chi connectivity index (χ4n) is 1.97. The molecule has 0 bridgehead atoms. The van der Waals surface area contributed by atoms with Crippen molar-refractivity contribution in [2.24, 2.45) is 0 Å². The zero-order chi connectivity index (χ0) is 17.7. The van der Waals surface area contributed by atoms with Crippen LogP contribution in [-0.4, -0.2) is 21.6 Å². The molecule has 1 N–H and O–H groups in total. The van der Waals surface area contributed by atoms with E-state index in [4.69, 9.17) is 9.47 Å². The van der Waals surface area contributed by atoms with Gasteiger partial charge in [0.2, 0.25) is 0 Å². The normalized spacial score (nSPS) is 11.2. The minimum atomic E-state index is -4.07. The van der Waals surface area contributed by atoms with E-state index in [2.05, 4.69) is 4.72 Å². The van der Waals surface area contributed by atoms with Crippen LogP contribution in [0.15, 0.2) is 41.3 Å². The molecule has 0 heterocycles. The molecule has 2 aromatic rings. The van der Waals surface area contributed by atoms with E-state index in [0.717, 1.165) is 12.1 Å². The van der Waals surface area contributed by atoms with E-state index in [9.17, 15) is 17.2 Å². The van der Waals surface area contributed by atoms with E-state index in [-0.39, 0.29) is 16.3 Å². The van der Waals surface area contributed by atoms with Gasteiger partial charge in [0.25, 0.3) is 10.0 Å². The molecule has 8 heteroatoms. The predicted octanol–water partition coefficient (Wildman–Crippen LogP) is 3.56. The van der Waals surface area contributed by atoms with E-state index < -0.39 is 21.7 Å². The van der Waals surface area contributed by atoms with Gasteiger partial charge in [-0.1, -0.05) is 0 Å². The summed E-state index contributed by atoms with van der Waals surface area (Å²) in [6.45, 7) is 4.26. The summed E-state index contributed by atoms with van der Waals surface area (Å²) in [5.74, 6) is -1.13. The second-order valence-corrected chi connectivity index (χ2v) is 6.39. The molecule has 2 rings (SSSR count). The summed E-state index contributed by atoms with van der Waals surface area (Å²) >= 11 is 0. The van der Waals surface area contributed by atoms with Crippen LogP contribution in [0.2, 0.25) is 0 Å². The molecule has 0 aliphatic carbocycles. The molecule has 0 unspecified atom stereocenters. The molecule has 0 spiro atoms. The smallest absolute Gasteiger partial charge is 0.262 e. The Morgan fingerprint density at radius 2 is 1.62 bits per heavy atom. The highest BCUT2D eigenvalue weighted by atomic mass is 32.2. The molecule has 0 atom stereocenters. The number of benzene rings is 2. The van der Waals surface area contributed by atoms with Crippen LogP contribution < -0.4 is 14.2 Å². The fourth-order valence-corrected chi connectivity index (χ4v) is 3.06. The first-order valence-corrected chi connectivity index (χ1v) is 8.73. The maximum Gasteiger partial charge on any atom is 0.262 e. The lowest BCUT2D eigenvalue weighted by Gasteiger charge is -2.13.